The SMILES string of the molecule is Cc1ccc(S(=O)(=O)O)cc1C1CCO1. The summed E-state index contributed by atoms with van der Waals surface area (Å²) in [7, 11) is -4.12. The van der Waals surface area contributed by atoms with Crippen molar-refractivity contribution in [1.29, 1.82) is 0 Å². The van der Waals surface area contributed by atoms with Crippen LogP contribution < -0.4 is 0 Å². The highest BCUT2D eigenvalue weighted by molar-refractivity contribution is 7.85. The summed E-state index contributed by atoms with van der Waals surface area (Å²) >= 11 is 0. The van der Waals surface area contributed by atoms with E-state index < -0.39 is 10.1 Å². The Balaban J connectivity index is 2.45. The quantitative estimate of drug-likeness (QED) is 0.782. The molecule has 1 atom stereocenters. The van der Waals surface area contributed by atoms with Crippen molar-refractivity contribution in [3.05, 3.63) is 29.3 Å². The Hall–Kier alpha value is -0.910. The van der Waals surface area contributed by atoms with Crippen LogP contribution in [-0.2, 0) is 14.9 Å². The second kappa shape index (κ2) is 3.59. The van der Waals surface area contributed by atoms with E-state index in [1.165, 1.54) is 12.1 Å². The minimum Gasteiger partial charge on any atom is -0.373 e. The average Bonchev–Trinajstić information content (AvgIpc) is 2.03. The maximum atomic E-state index is 10.9. The van der Waals surface area contributed by atoms with Gasteiger partial charge in [0, 0.05) is 6.42 Å². The monoisotopic (exact) mass is 228 g/mol. The first kappa shape index (κ1) is 10.6. The summed E-state index contributed by atoms with van der Waals surface area (Å²) in [6, 6.07) is 4.56. The van der Waals surface area contributed by atoms with Gasteiger partial charge in [0.2, 0.25) is 0 Å². The summed E-state index contributed by atoms with van der Waals surface area (Å²) in [6.45, 7) is 2.60. The zero-order valence-corrected chi connectivity index (χ0v) is 9.12. The van der Waals surface area contributed by atoms with Gasteiger partial charge in [0.05, 0.1) is 17.6 Å². The predicted molar refractivity (Wildman–Crippen MR) is 54.3 cm³/mol. The first-order valence-electron chi connectivity index (χ1n) is 4.68. The van der Waals surface area contributed by atoms with Gasteiger partial charge in [0.25, 0.3) is 10.1 Å². The third-order valence-electron chi connectivity index (χ3n) is 2.59. The predicted octanol–water partition coefficient (Wildman–Crippen LogP) is 1.70. The van der Waals surface area contributed by atoms with Gasteiger partial charge in [-0.2, -0.15) is 8.42 Å². The number of aryl methyl sites for hydroxylation is 1. The van der Waals surface area contributed by atoms with Crippen LogP contribution in [0.3, 0.4) is 0 Å². The highest BCUT2D eigenvalue weighted by Crippen LogP contribution is 2.32. The Labute approximate surface area is 88.6 Å². The topological polar surface area (TPSA) is 63.6 Å². The zero-order chi connectivity index (χ0) is 11.1. The van der Waals surface area contributed by atoms with E-state index in [0.717, 1.165) is 17.5 Å². The third-order valence-corrected chi connectivity index (χ3v) is 3.44. The number of hydrogen-bond donors (Lipinski definition) is 1. The van der Waals surface area contributed by atoms with Crippen molar-refractivity contribution in [2.75, 3.05) is 6.61 Å². The summed E-state index contributed by atoms with van der Waals surface area (Å²) < 4.78 is 36.1. The van der Waals surface area contributed by atoms with Gasteiger partial charge in [0.15, 0.2) is 0 Å². The number of hydrogen-bond acceptors (Lipinski definition) is 3. The molecule has 82 valence electrons. The lowest BCUT2D eigenvalue weighted by Gasteiger charge is -2.28. The molecular formula is C10H12O4S. The van der Waals surface area contributed by atoms with E-state index in [-0.39, 0.29) is 11.0 Å². The molecule has 0 radical (unpaired) electrons. The smallest absolute Gasteiger partial charge is 0.294 e. The molecule has 1 heterocycles. The molecule has 15 heavy (non-hydrogen) atoms. The van der Waals surface area contributed by atoms with Crippen molar-refractivity contribution in [2.45, 2.75) is 24.3 Å². The maximum absolute atomic E-state index is 10.9. The summed E-state index contributed by atoms with van der Waals surface area (Å²) in [5, 5.41) is 0. The molecule has 2 rings (SSSR count). The zero-order valence-electron chi connectivity index (χ0n) is 8.30. The van der Waals surface area contributed by atoms with Crippen LogP contribution in [0.25, 0.3) is 0 Å². The number of benzene rings is 1. The Morgan fingerprint density at radius 1 is 1.47 bits per heavy atom. The molecular weight excluding hydrogens is 216 g/mol. The molecule has 1 N–H and O–H groups in total. The molecule has 1 aliphatic heterocycles. The van der Waals surface area contributed by atoms with Crippen molar-refractivity contribution in [3.8, 4) is 0 Å². The number of ether oxygens (including phenoxy) is 1. The first-order valence-corrected chi connectivity index (χ1v) is 6.12. The molecule has 1 fully saturated rings. The maximum Gasteiger partial charge on any atom is 0.294 e. The molecule has 1 aromatic rings. The summed E-state index contributed by atoms with van der Waals surface area (Å²) in [4.78, 5) is -0.0707. The lowest BCUT2D eigenvalue weighted by atomic mass is 9.99. The molecule has 4 nitrogen and oxygen atoms in total. The fourth-order valence-corrected chi connectivity index (χ4v) is 2.12. The van der Waals surface area contributed by atoms with Crippen molar-refractivity contribution < 1.29 is 17.7 Å². The normalized spacial score (nSPS) is 21.1. The Morgan fingerprint density at radius 3 is 2.60 bits per heavy atom. The lowest BCUT2D eigenvalue weighted by molar-refractivity contribution is -0.0531. The van der Waals surface area contributed by atoms with E-state index in [4.69, 9.17) is 9.29 Å². The van der Waals surface area contributed by atoms with Gasteiger partial charge >= 0.3 is 0 Å². The van der Waals surface area contributed by atoms with Gasteiger partial charge in [-0.15, -0.1) is 0 Å². The second-order valence-electron chi connectivity index (χ2n) is 3.64. The van der Waals surface area contributed by atoms with Gasteiger partial charge in [-0.25, -0.2) is 0 Å². The summed E-state index contributed by atoms with van der Waals surface area (Å²) in [5.74, 6) is 0. The molecule has 1 aromatic carbocycles. The highest BCUT2D eigenvalue weighted by atomic mass is 32.2. The largest absolute Gasteiger partial charge is 0.373 e. The van der Waals surface area contributed by atoms with Gasteiger partial charge < -0.3 is 4.74 Å². The minimum atomic E-state index is -4.12. The minimum absolute atomic E-state index is 0.0216. The first-order chi connectivity index (χ1) is 6.98. The fraction of sp³-hybridized carbons (Fsp3) is 0.400. The van der Waals surface area contributed by atoms with Crippen LogP contribution in [-0.4, -0.2) is 19.6 Å². The van der Waals surface area contributed by atoms with Crippen LogP contribution in [0.15, 0.2) is 23.1 Å². The van der Waals surface area contributed by atoms with Gasteiger partial charge in [-0.1, -0.05) is 6.07 Å². The van der Waals surface area contributed by atoms with Crippen molar-refractivity contribution in [1.82, 2.24) is 0 Å². The Kier molecular flexibility index (Phi) is 2.54. The molecule has 1 saturated heterocycles. The van der Waals surface area contributed by atoms with E-state index in [1.54, 1.807) is 6.07 Å². The summed E-state index contributed by atoms with van der Waals surface area (Å²) in [6.07, 6.45) is 0.877. The fourth-order valence-electron chi connectivity index (χ4n) is 1.61. The molecule has 0 aromatic heterocycles. The molecule has 0 spiro atoms. The molecule has 0 saturated carbocycles. The van der Waals surface area contributed by atoms with E-state index in [1.807, 2.05) is 6.92 Å². The second-order valence-corrected chi connectivity index (χ2v) is 5.06. The molecule has 0 amide bonds. The third kappa shape index (κ3) is 2.04. The van der Waals surface area contributed by atoms with Crippen LogP contribution in [0.5, 0.6) is 0 Å². The van der Waals surface area contributed by atoms with Crippen molar-refractivity contribution in [2.24, 2.45) is 0 Å². The van der Waals surface area contributed by atoms with Crippen molar-refractivity contribution >= 4 is 10.1 Å². The van der Waals surface area contributed by atoms with E-state index in [0.29, 0.717) is 6.61 Å². The van der Waals surface area contributed by atoms with E-state index in [2.05, 4.69) is 0 Å². The van der Waals surface area contributed by atoms with Crippen LogP contribution in [0.4, 0.5) is 0 Å². The van der Waals surface area contributed by atoms with Crippen molar-refractivity contribution in [3.63, 3.8) is 0 Å². The van der Waals surface area contributed by atoms with Crippen LogP contribution in [0.2, 0.25) is 0 Å². The number of rotatable bonds is 2. The van der Waals surface area contributed by atoms with Crippen LogP contribution in [0.1, 0.15) is 23.7 Å². The van der Waals surface area contributed by atoms with Crippen LogP contribution in [0, 0.1) is 6.92 Å². The Morgan fingerprint density at radius 2 is 2.13 bits per heavy atom. The highest BCUT2D eigenvalue weighted by Gasteiger charge is 2.23. The van der Waals surface area contributed by atoms with Gasteiger partial charge in [-0.05, 0) is 30.2 Å². The molecule has 1 aliphatic rings. The van der Waals surface area contributed by atoms with Gasteiger partial charge in [-0.3, -0.25) is 4.55 Å². The van der Waals surface area contributed by atoms with Crippen LogP contribution >= 0.6 is 0 Å². The standard InChI is InChI=1S/C10H12O4S/c1-7-2-3-8(15(11,12)13)6-9(7)10-4-5-14-10/h2-3,6,10H,4-5H2,1H3,(H,11,12,13). The molecule has 1 unspecified atom stereocenters. The molecule has 0 aliphatic carbocycles. The van der Waals surface area contributed by atoms with E-state index in [9.17, 15) is 8.42 Å². The lowest BCUT2D eigenvalue weighted by Crippen LogP contribution is -2.19. The summed E-state index contributed by atoms with van der Waals surface area (Å²) in [5.41, 5.74) is 1.82. The average molecular weight is 228 g/mol. The Bertz CT molecular complexity index is 474. The molecule has 5 heteroatoms. The van der Waals surface area contributed by atoms with E-state index >= 15 is 0 Å². The molecule has 0 bridgehead atoms. The van der Waals surface area contributed by atoms with Gasteiger partial charge in [0.1, 0.15) is 0 Å².